The average Bonchev–Trinajstić information content (AvgIpc) is 3.02. The van der Waals surface area contributed by atoms with Crippen LogP contribution in [0.3, 0.4) is 0 Å². The van der Waals surface area contributed by atoms with Gasteiger partial charge in [0.25, 0.3) is 0 Å². The summed E-state index contributed by atoms with van der Waals surface area (Å²) in [5.41, 5.74) is 1.85. The van der Waals surface area contributed by atoms with Gasteiger partial charge in [0, 0.05) is 33.1 Å². The lowest BCUT2D eigenvalue weighted by molar-refractivity contribution is -0.179. The quantitative estimate of drug-likeness (QED) is 0.360. The number of carbonyl (C=O) groups is 4. The highest BCUT2D eigenvalue weighted by Crippen LogP contribution is 2.61. The van der Waals surface area contributed by atoms with E-state index in [1.807, 2.05) is 6.92 Å². The van der Waals surface area contributed by atoms with Crippen molar-refractivity contribution in [2.75, 3.05) is 0 Å². The van der Waals surface area contributed by atoms with Crippen molar-refractivity contribution in [3.05, 3.63) is 23.3 Å². The van der Waals surface area contributed by atoms with Crippen molar-refractivity contribution in [2.45, 2.75) is 91.8 Å². The molecule has 0 amide bonds. The third kappa shape index (κ3) is 4.20. The molecule has 2 bridgehead atoms. The Balaban J connectivity index is 2.27. The maximum absolute atomic E-state index is 13.7. The first-order chi connectivity index (χ1) is 15.0. The van der Waals surface area contributed by atoms with E-state index in [1.165, 1.54) is 26.3 Å². The molecule has 6 nitrogen and oxygen atoms in total. The van der Waals surface area contributed by atoms with E-state index < -0.39 is 41.1 Å². The number of rotatable bonds is 4. The van der Waals surface area contributed by atoms with Crippen LogP contribution in [-0.4, -0.2) is 35.7 Å². The lowest BCUT2D eigenvalue weighted by Crippen LogP contribution is -2.59. The largest absolute Gasteiger partial charge is 0.461 e. The number of Topliss-reactive ketones (excluding diaryl/α,β-unsaturated/α-hetero) is 2. The van der Waals surface area contributed by atoms with Crippen LogP contribution in [0.4, 0.5) is 0 Å². The summed E-state index contributed by atoms with van der Waals surface area (Å²) in [4.78, 5) is 50.5. The summed E-state index contributed by atoms with van der Waals surface area (Å²) < 4.78 is 11.5. The normalized spacial score (nSPS) is 35.0. The van der Waals surface area contributed by atoms with Gasteiger partial charge < -0.3 is 9.47 Å². The van der Waals surface area contributed by atoms with Crippen molar-refractivity contribution >= 4 is 23.5 Å². The number of ether oxygens (including phenoxy) is 2. The molecule has 0 unspecified atom stereocenters. The van der Waals surface area contributed by atoms with Crippen LogP contribution in [-0.2, 0) is 28.7 Å². The molecule has 1 fully saturated rings. The van der Waals surface area contributed by atoms with Crippen molar-refractivity contribution in [3.63, 3.8) is 0 Å². The van der Waals surface area contributed by atoms with Gasteiger partial charge in [-0.25, -0.2) is 0 Å². The van der Waals surface area contributed by atoms with E-state index in [0.29, 0.717) is 18.8 Å². The number of carbonyl (C=O) groups excluding carboxylic acids is 4. The Morgan fingerprint density at radius 3 is 2.19 bits per heavy atom. The predicted molar refractivity (Wildman–Crippen MR) is 120 cm³/mol. The molecule has 3 rings (SSSR count). The molecule has 0 aliphatic heterocycles. The Hall–Kier alpha value is -2.24. The van der Waals surface area contributed by atoms with Crippen LogP contribution in [0.25, 0.3) is 0 Å². The molecule has 6 heteroatoms. The fourth-order valence-electron chi connectivity index (χ4n) is 6.49. The van der Waals surface area contributed by atoms with Crippen molar-refractivity contribution in [1.82, 2.24) is 0 Å². The Morgan fingerprint density at radius 1 is 0.969 bits per heavy atom. The molecule has 0 N–H and O–H groups in total. The Morgan fingerprint density at radius 2 is 1.59 bits per heavy atom. The van der Waals surface area contributed by atoms with Crippen LogP contribution >= 0.6 is 0 Å². The molecule has 0 heterocycles. The fraction of sp³-hybridized carbons (Fsp3) is 0.692. The second-order valence-electron chi connectivity index (χ2n) is 10.0. The molecule has 6 atom stereocenters. The van der Waals surface area contributed by atoms with Crippen LogP contribution in [0.5, 0.6) is 0 Å². The molecule has 3 aliphatic rings. The first-order valence-corrected chi connectivity index (χ1v) is 11.8. The van der Waals surface area contributed by atoms with Crippen molar-refractivity contribution in [3.8, 4) is 0 Å². The van der Waals surface area contributed by atoms with Gasteiger partial charge in [-0.05, 0) is 50.9 Å². The minimum Gasteiger partial charge on any atom is -0.461 e. The topological polar surface area (TPSA) is 86.7 Å². The predicted octanol–water partition coefficient (Wildman–Crippen LogP) is 4.51. The van der Waals surface area contributed by atoms with Gasteiger partial charge in [-0.1, -0.05) is 36.6 Å². The minimum absolute atomic E-state index is 0.121. The standard InChI is InChI=1S/C26H36O6/c1-14-8-7-9-15(2)21-13-23(32-19(6)29)26(25(30)17(4)27)22(31-18(5)28)12-20(11-10-14)16(3)24(21)26/h14,21-24H,2,7-13H2,1,3-6H3/t14-,21-,22-,23+,24+,26+/m0/s1. The van der Waals surface area contributed by atoms with Crippen LogP contribution in [0.2, 0.25) is 0 Å². The maximum Gasteiger partial charge on any atom is 0.302 e. The van der Waals surface area contributed by atoms with E-state index in [4.69, 9.17) is 9.47 Å². The van der Waals surface area contributed by atoms with E-state index in [2.05, 4.69) is 13.5 Å². The summed E-state index contributed by atoms with van der Waals surface area (Å²) in [5, 5.41) is 0. The van der Waals surface area contributed by atoms with Crippen molar-refractivity contribution in [1.29, 1.82) is 0 Å². The van der Waals surface area contributed by atoms with Gasteiger partial charge in [0.1, 0.15) is 17.6 Å². The number of allylic oxidation sites excluding steroid dienone is 2. The van der Waals surface area contributed by atoms with E-state index in [9.17, 15) is 19.2 Å². The third-order valence-corrected chi connectivity index (χ3v) is 7.89. The van der Waals surface area contributed by atoms with Crippen LogP contribution in [0, 0.1) is 23.2 Å². The Bertz CT molecular complexity index is 868. The number of hydrogen-bond donors (Lipinski definition) is 0. The monoisotopic (exact) mass is 444 g/mol. The number of ketones is 2. The first-order valence-electron chi connectivity index (χ1n) is 11.8. The van der Waals surface area contributed by atoms with E-state index in [1.54, 1.807) is 0 Å². The second-order valence-corrected chi connectivity index (χ2v) is 10.0. The smallest absolute Gasteiger partial charge is 0.302 e. The highest BCUT2D eigenvalue weighted by Gasteiger charge is 2.69. The maximum atomic E-state index is 13.7. The molecule has 0 saturated heterocycles. The zero-order valence-electron chi connectivity index (χ0n) is 20.0. The molecule has 0 aromatic rings. The van der Waals surface area contributed by atoms with Crippen LogP contribution in [0.1, 0.15) is 79.6 Å². The lowest BCUT2D eigenvalue weighted by atomic mass is 9.58. The number of esters is 2. The molecule has 32 heavy (non-hydrogen) atoms. The summed E-state index contributed by atoms with van der Waals surface area (Å²) in [6.45, 7) is 12.5. The SMILES string of the molecule is C=C1CCC[C@H](C)CCC2=C(C)[C@@H]3[C@H]1C[C@@H](OC(C)=O)[C@]3(C(=O)C(C)=O)[C@@H](OC(C)=O)C2. The molecule has 0 spiro atoms. The molecular weight excluding hydrogens is 408 g/mol. The zero-order valence-corrected chi connectivity index (χ0v) is 20.0. The average molecular weight is 445 g/mol. The van der Waals surface area contributed by atoms with Crippen LogP contribution < -0.4 is 0 Å². The molecule has 0 aromatic carbocycles. The minimum atomic E-state index is -1.41. The summed E-state index contributed by atoms with van der Waals surface area (Å²) in [5.74, 6) is -2.18. The second kappa shape index (κ2) is 9.32. The van der Waals surface area contributed by atoms with E-state index in [0.717, 1.165) is 43.3 Å². The third-order valence-electron chi connectivity index (χ3n) is 7.89. The molecule has 3 aliphatic carbocycles. The fourth-order valence-corrected chi connectivity index (χ4v) is 6.49. The van der Waals surface area contributed by atoms with Crippen LogP contribution in [0.15, 0.2) is 23.3 Å². The molecular formula is C26H36O6. The molecule has 0 radical (unpaired) electrons. The van der Waals surface area contributed by atoms with Gasteiger partial charge in [0.2, 0.25) is 5.78 Å². The molecule has 176 valence electrons. The van der Waals surface area contributed by atoms with Crippen molar-refractivity contribution in [2.24, 2.45) is 23.2 Å². The van der Waals surface area contributed by atoms with Crippen molar-refractivity contribution < 1.29 is 28.7 Å². The van der Waals surface area contributed by atoms with Gasteiger partial charge in [0.05, 0.1) is 0 Å². The summed E-state index contributed by atoms with van der Waals surface area (Å²) in [6.07, 6.45) is 3.91. The highest BCUT2D eigenvalue weighted by molar-refractivity contribution is 6.39. The highest BCUT2D eigenvalue weighted by atomic mass is 16.6. The Labute approximate surface area is 190 Å². The first kappa shape index (κ1) is 24.4. The van der Waals surface area contributed by atoms with Gasteiger partial charge in [-0.2, -0.15) is 0 Å². The van der Waals surface area contributed by atoms with E-state index >= 15 is 0 Å². The number of hydrogen-bond acceptors (Lipinski definition) is 6. The van der Waals surface area contributed by atoms with Gasteiger partial charge in [-0.3, -0.25) is 19.2 Å². The lowest BCUT2D eigenvalue weighted by Gasteiger charge is -2.48. The summed E-state index contributed by atoms with van der Waals surface area (Å²) in [7, 11) is 0. The zero-order chi connectivity index (χ0) is 23.8. The van der Waals surface area contributed by atoms with Gasteiger partial charge >= 0.3 is 11.9 Å². The van der Waals surface area contributed by atoms with Gasteiger partial charge in [0.15, 0.2) is 5.78 Å². The Kier molecular flexibility index (Phi) is 7.11. The van der Waals surface area contributed by atoms with E-state index in [-0.39, 0.29) is 11.8 Å². The van der Waals surface area contributed by atoms with Gasteiger partial charge in [-0.15, -0.1) is 0 Å². The summed E-state index contributed by atoms with van der Waals surface area (Å²) in [6, 6.07) is 0. The molecule has 1 saturated carbocycles. The molecule has 0 aromatic heterocycles. The summed E-state index contributed by atoms with van der Waals surface area (Å²) >= 11 is 0.